The molecule has 1 aromatic rings. The smallest absolute Gasteiger partial charge is 0.407 e. The molecule has 0 aliphatic heterocycles. The number of ether oxygens (including phenoxy) is 1. The van der Waals surface area contributed by atoms with Crippen molar-refractivity contribution in [3.05, 3.63) is 35.1 Å². The number of carbonyl (C=O) groups excluding carboxylic acids is 2. The number of hydrogen-bond acceptors (Lipinski definition) is 3. The van der Waals surface area contributed by atoms with E-state index < -0.39 is 23.7 Å². The van der Waals surface area contributed by atoms with Crippen molar-refractivity contribution >= 4 is 11.9 Å². The molecule has 21 heavy (non-hydrogen) atoms. The van der Waals surface area contributed by atoms with Crippen molar-refractivity contribution in [3.63, 3.8) is 0 Å². The van der Waals surface area contributed by atoms with E-state index in [2.05, 4.69) is 5.32 Å². The number of ketones is 1. The van der Waals surface area contributed by atoms with E-state index in [-0.39, 0.29) is 11.6 Å². The quantitative estimate of drug-likeness (QED) is 0.911. The van der Waals surface area contributed by atoms with E-state index >= 15 is 0 Å². The highest BCUT2D eigenvalue weighted by molar-refractivity contribution is 6.02. The molecule has 0 spiro atoms. The van der Waals surface area contributed by atoms with E-state index in [4.69, 9.17) is 4.74 Å². The third-order valence-corrected chi connectivity index (χ3v) is 3.49. The fourth-order valence-corrected chi connectivity index (χ4v) is 2.51. The summed E-state index contributed by atoms with van der Waals surface area (Å²) in [6.45, 7) is 7.03. The van der Waals surface area contributed by atoms with Crippen molar-refractivity contribution in [1.29, 1.82) is 0 Å². The number of amides is 1. The standard InChI is InChI=1S/C16H20FNO3/c1-9(18-15(20)21-16(2,3)4)11-8-12-10(14(11)19)6-5-7-13(12)17/h5-7,9,11H,8H2,1-4H3,(H,18,20). The van der Waals surface area contributed by atoms with Gasteiger partial charge in [0.25, 0.3) is 0 Å². The second-order valence-corrected chi connectivity index (χ2v) is 6.38. The maximum absolute atomic E-state index is 13.7. The molecule has 1 aliphatic carbocycles. The Hall–Kier alpha value is -1.91. The van der Waals surface area contributed by atoms with Gasteiger partial charge in [0.15, 0.2) is 5.78 Å². The number of fused-ring (bicyclic) bond motifs is 1. The number of halogens is 1. The molecule has 1 aliphatic rings. The monoisotopic (exact) mass is 293 g/mol. The second-order valence-electron chi connectivity index (χ2n) is 6.38. The van der Waals surface area contributed by atoms with E-state index in [0.717, 1.165) is 0 Å². The third kappa shape index (κ3) is 3.40. The van der Waals surface area contributed by atoms with Gasteiger partial charge in [0.1, 0.15) is 11.4 Å². The molecule has 0 heterocycles. The van der Waals surface area contributed by atoms with Crippen molar-refractivity contribution < 1.29 is 18.7 Å². The first-order valence-electron chi connectivity index (χ1n) is 7.00. The number of Topliss-reactive ketones (excluding diaryl/α,β-unsaturated/α-hetero) is 1. The van der Waals surface area contributed by atoms with Crippen LogP contribution in [0.5, 0.6) is 0 Å². The predicted octanol–water partition coefficient (Wildman–Crippen LogP) is 3.09. The van der Waals surface area contributed by atoms with E-state index in [9.17, 15) is 14.0 Å². The normalized spacial score (nSPS) is 19.1. The molecule has 5 heteroatoms. The van der Waals surface area contributed by atoms with Crippen molar-refractivity contribution in [2.24, 2.45) is 5.92 Å². The second kappa shape index (κ2) is 5.47. The highest BCUT2D eigenvalue weighted by Gasteiger charge is 2.36. The number of alkyl carbamates (subject to hydrolysis) is 1. The highest BCUT2D eigenvalue weighted by Crippen LogP contribution is 2.30. The zero-order valence-corrected chi connectivity index (χ0v) is 12.7. The van der Waals surface area contributed by atoms with Gasteiger partial charge in [-0.3, -0.25) is 4.79 Å². The van der Waals surface area contributed by atoms with Gasteiger partial charge in [-0.15, -0.1) is 0 Å². The Morgan fingerprint density at radius 2 is 2.10 bits per heavy atom. The molecule has 2 atom stereocenters. The molecule has 1 amide bonds. The lowest BCUT2D eigenvalue weighted by molar-refractivity contribution is 0.0492. The summed E-state index contributed by atoms with van der Waals surface area (Å²) in [5, 5.41) is 2.66. The van der Waals surface area contributed by atoms with Gasteiger partial charge < -0.3 is 10.1 Å². The molecule has 1 aromatic carbocycles. The van der Waals surface area contributed by atoms with Crippen molar-refractivity contribution in [2.45, 2.75) is 45.8 Å². The minimum absolute atomic E-state index is 0.131. The molecule has 4 nitrogen and oxygen atoms in total. The minimum Gasteiger partial charge on any atom is -0.444 e. The zero-order chi connectivity index (χ0) is 15.8. The summed E-state index contributed by atoms with van der Waals surface area (Å²) in [4.78, 5) is 24.1. The molecular formula is C16H20FNO3. The van der Waals surface area contributed by atoms with E-state index in [1.807, 2.05) is 0 Å². The average Bonchev–Trinajstić information content (AvgIpc) is 2.66. The lowest BCUT2D eigenvalue weighted by atomic mass is 9.97. The molecule has 0 saturated heterocycles. The topological polar surface area (TPSA) is 55.4 Å². The number of rotatable bonds is 2. The Bertz CT molecular complexity index is 577. The molecule has 0 saturated carbocycles. The average molecular weight is 293 g/mol. The summed E-state index contributed by atoms with van der Waals surface area (Å²) >= 11 is 0. The Labute approximate surface area is 123 Å². The lowest BCUT2D eigenvalue weighted by Crippen LogP contribution is -2.43. The maximum Gasteiger partial charge on any atom is 0.407 e. The Morgan fingerprint density at radius 1 is 1.43 bits per heavy atom. The Kier molecular flexibility index (Phi) is 4.03. The van der Waals surface area contributed by atoms with Gasteiger partial charge in [0, 0.05) is 17.5 Å². The van der Waals surface area contributed by atoms with Crippen LogP contribution in [-0.4, -0.2) is 23.5 Å². The van der Waals surface area contributed by atoms with Crippen LogP contribution in [-0.2, 0) is 11.2 Å². The maximum atomic E-state index is 13.7. The zero-order valence-electron chi connectivity index (χ0n) is 12.7. The SMILES string of the molecule is CC(NC(=O)OC(C)(C)C)C1Cc2c(F)cccc2C1=O. The van der Waals surface area contributed by atoms with Crippen LogP contribution in [0.15, 0.2) is 18.2 Å². The molecule has 2 unspecified atom stereocenters. The van der Waals surface area contributed by atoms with Crippen LogP contribution in [0.4, 0.5) is 9.18 Å². The van der Waals surface area contributed by atoms with E-state index in [0.29, 0.717) is 17.5 Å². The van der Waals surface area contributed by atoms with Crippen molar-refractivity contribution in [2.75, 3.05) is 0 Å². The van der Waals surface area contributed by atoms with Gasteiger partial charge in [-0.05, 0) is 45.7 Å². The molecule has 114 valence electrons. The highest BCUT2D eigenvalue weighted by atomic mass is 19.1. The lowest BCUT2D eigenvalue weighted by Gasteiger charge is -2.24. The van der Waals surface area contributed by atoms with Gasteiger partial charge in [0.2, 0.25) is 0 Å². The summed E-state index contributed by atoms with van der Waals surface area (Å²) in [5.41, 5.74) is 0.252. The van der Waals surface area contributed by atoms with E-state index in [1.165, 1.54) is 12.1 Å². The van der Waals surface area contributed by atoms with Crippen molar-refractivity contribution in [1.82, 2.24) is 5.32 Å². The van der Waals surface area contributed by atoms with Gasteiger partial charge >= 0.3 is 6.09 Å². The van der Waals surface area contributed by atoms with Gasteiger partial charge in [0.05, 0.1) is 0 Å². The molecule has 0 radical (unpaired) electrons. The Morgan fingerprint density at radius 3 is 2.67 bits per heavy atom. The van der Waals surface area contributed by atoms with Crippen molar-refractivity contribution in [3.8, 4) is 0 Å². The fraction of sp³-hybridized carbons (Fsp3) is 0.500. The summed E-state index contributed by atoms with van der Waals surface area (Å²) in [7, 11) is 0. The first-order chi connectivity index (χ1) is 9.69. The minimum atomic E-state index is -0.599. The van der Waals surface area contributed by atoms with Crippen LogP contribution in [0.1, 0.15) is 43.6 Å². The molecule has 0 fully saturated rings. The van der Waals surface area contributed by atoms with Crippen LogP contribution in [0.2, 0.25) is 0 Å². The Balaban J connectivity index is 2.06. The van der Waals surface area contributed by atoms with Gasteiger partial charge in [-0.2, -0.15) is 0 Å². The molecule has 0 aromatic heterocycles. The van der Waals surface area contributed by atoms with Gasteiger partial charge in [-0.1, -0.05) is 12.1 Å². The molecule has 0 bridgehead atoms. The molecular weight excluding hydrogens is 273 g/mol. The third-order valence-electron chi connectivity index (χ3n) is 3.49. The van der Waals surface area contributed by atoms with Crippen LogP contribution in [0.3, 0.4) is 0 Å². The first kappa shape index (κ1) is 15.5. The number of carbonyl (C=O) groups is 2. The predicted molar refractivity (Wildman–Crippen MR) is 76.8 cm³/mol. The summed E-state index contributed by atoms with van der Waals surface area (Å²) in [6.07, 6.45) is -0.267. The fourth-order valence-electron chi connectivity index (χ4n) is 2.51. The van der Waals surface area contributed by atoms with Crippen LogP contribution in [0.25, 0.3) is 0 Å². The summed E-state index contributed by atoms with van der Waals surface area (Å²) in [6, 6.07) is 4.08. The van der Waals surface area contributed by atoms with Crippen LogP contribution < -0.4 is 5.32 Å². The summed E-state index contributed by atoms with van der Waals surface area (Å²) in [5.74, 6) is -0.953. The van der Waals surface area contributed by atoms with Gasteiger partial charge in [-0.25, -0.2) is 9.18 Å². The number of nitrogens with one attached hydrogen (secondary N) is 1. The number of benzene rings is 1. The van der Waals surface area contributed by atoms with Crippen LogP contribution >= 0.6 is 0 Å². The number of hydrogen-bond donors (Lipinski definition) is 1. The largest absolute Gasteiger partial charge is 0.444 e. The molecule has 1 N–H and O–H groups in total. The first-order valence-corrected chi connectivity index (χ1v) is 7.00. The molecule has 2 rings (SSSR count). The summed E-state index contributed by atoms with van der Waals surface area (Å²) < 4.78 is 18.9. The van der Waals surface area contributed by atoms with Crippen LogP contribution in [0, 0.1) is 11.7 Å². The van der Waals surface area contributed by atoms with E-state index in [1.54, 1.807) is 33.8 Å².